The van der Waals surface area contributed by atoms with Gasteiger partial charge in [-0.25, -0.2) is 0 Å². The zero-order chi connectivity index (χ0) is 13.7. The highest BCUT2D eigenvalue weighted by Crippen LogP contribution is 2.33. The number of benzene rings is 1. The first-order valence-corrected chi connectivity index (χ1v) is 8.58. The second-order valence-corrected chi connectivity index (χ2v) is 6.98. The Bertz CT molecular complexity index is 402. The van der Waals surface area contributed by atoms with Crippen LogP contribution in [0, 0.1) is 15.4 Å². The number of carbonyl (C=O) groups excluding carboxylic acids is 1. The molecule has 0 atom stereocenters. The number of carbonyl (C=O) groups is 1. The molecule has 1 fully saturated rings. The summed E-state index contributed by atoms with van der Waals surface area (Å²) >= 11 is 2.28. The molecule has 1 nitrogen and oxygen atoms in total. The van der Waals surface area contributed by atoms with Gasteiger partial charge in [0.1, 0.15) is 0 Å². The van der Waals surface area contributed by atoms with Crippen LogP contribution in [-0.4, -0.2) is 5.78 Å². The molecule has 0 amide bonds. The predicted molar refractivity (Wildman–Crippen MR) is 88.5 cm³/mol. The summed E-state index contributed by atoms with van der Waals surface area (Å²) in [6.07, 6.45) is 8.70. The van der Waals surface area contributed by atoms with E-state index in [1.807, 2.05) is 24.3 Å². The fourth-order valence-corrected chi connectivity index (χ4v) is 3.42. The minimum Gasteiger partial charge on any atom is -0.294 e. The molecule has 0 spiro atoms. The van der Waals surface area contributed by atoms with Crippen LogP contribution in [0.25, 0.3) is 0 Å². The zero-order valence-electron chi connectivity index (χ0n) is 11.7. The molecule has 1 aromatic rings. The molecule has 2 rings (SSSR count). The van der Waals surface area contributed by atoms with Crippen molar-refractivity contribution >= 4 is 28.4 Å². The van der Waals surface area contributed by atoms with Gasteiger partial charge in [0.2, 0.25) is 0 Å². The molecule has 1 aliphatic carbocycles. The first-order chi connectivity index (χ1) is 9.20. The third kappa shape index (κ3) is 4.30. The van der Waals surface area contributed by atoms with E-state index >= 15 is 0 Å². The Morgan fingerprint density at radius 3 is 2.37 bits per heavy atom. The van der Waals surface area contributed by atoms with Crippen LogP contribution < -0.4 is 0 Å². The fraction of sp³-hybridized carbons (Fsp3) is 0.588. The van der Waals surface area contributed by atoms with Crippen molar-refractivity contribution in [1.82, 2.24) is 0 Å². The van der Waals surface area contributed by atoms with E-state index in [0.717, 1.165) is 24.3 Å². The van der Waals surface area contributed by atoms with Crippen LogP contribution in [0.2, 0.25) is 0 Å². The van der Waals surface area contributed by atoms with Gasteiger partial charge in [0.15, 0.2) is 5.78 Å². The van der Waals surface area contributed by atoms with Gasteiger partial charge < -0.3 is 0 Å². The van der Waals surface area contributed by atoms with Crippen LogP contribution in [0.4, 0.5) is 0 Å². The lowest BCUT2D eigenvalue weighted by Crippen LogP contribution is -2.22. The van der Waals surface area contributed by atoms with E-state index in [1.165, 1.54) is 35.7 Å². The van der Waals surface area contributed by atoms with Crippen molar-refractivity contribution < 1.29 is 4.79 Å². The van der Waals surface area contributed by atoms with Crippen molar-refractivity contribution in [3.05, 3.63) is 33.4 Å². The monoisotopic (exact) mass is 370 g/mol. The number of unbranched alkanes of at least 4 members (excludes halogenated alkanes) is 1. The summed E-state index contributed by atoms with van der Waals surface area (Å²) in [6.45, 7) is 2.26. The van der Waals surface area contributed by atoms with Crippen LogP contribution in [0.15, 0.2) is 24.3 Å². The van der Waals surface area contributed by atoms with E-state index in [1.54, 1.807) is 0 Å². The smallest absolute Gasteiger partial charge is 0.165 e. The van der Waals surface area contributed by atoms with Crippen LogP contribution in [0.1, 0.15) is 62.2 Å². The first kappa shape index (κ1) is 15.0. The fourth-order valence-electron chi connectivity index (χ4n) is 3.06. The summed E-state index contributed by atoms with van der Waals surface area (Å²) in [5.41, 5.74) is 0.900. The lowest BCUT2D eigenvalue weighted by molar-refractivity contribution is 0.0869. The SMILES string of the molecule is CCCCC1CCC(C(=O)c2ccc(I)cc2)CC1. The molecule has 0 aliphatic heterocycles. The van der Waals surface area contributed by atoms with Gasteiger partial charge in [-0.15, -0.1) is 0 Å². The van der Waals surface area contributed by atoms with E-state index in [2.05, 4.69) is 29.5 Å². The Balaban J connectivity index is 1.87. The van der Waals surface area contributed by atoms with Crippen LogP contribution in [0.3, 0.4) is 0 Å². The van der Waals surface area contributed by atoms with E-state index < -0.39 is 0 Å². The van der Waals surface area contributed by atoms with Crippen LogP contribution in [-0.2, 0) is 0 Å². The van der Waals surface area contributed by atoms with Gasteiger partial charge in [-0.05, 0) is 66.3 Å². The van der Waals surface area contributed by atoms with Crippen molar-refractivity contribution in [2.45, 2.75) is 51.9 Å². The third-order valence-electron chi connectivity index (χ3n) is 4.31. The Morgan fingerprint density at radius 1 is 1.16 bits per heavy atom. The maximum atomic E-state index is 12.4. The second-order valence-electron chi connectivity index (χ2n) is 5.73. The van der Waals surface area contributed by atoms with Crippen LogP contribution >= 0.6 is 22.6 Å². The van der Waals surface area contributed by atoms with Crippen molar-refractivity contribution in [3.63, 3.8) is 0 Å². The minimum absolute atomic E-state index is 0.276. The molecule has 0 heterocycles. The topological polar surface area (TPSA) is 17.1 Å². The van der Waals surface area contributed by atoms with E-state index in [-0.39, 0.29) is 5.92 Å². The number of hydrogen-bond donors (Lipinski definition) is 0. The Hall–Kier alpha value is -0.380. The van der Waals surface area contributed by atoms with Crippen LogP contribution in [0.5, 0.6) is 0 Å². The molecule has 0 radical (unpaired) electrons. The summed E-state index contributed by atoms with van der Waals surface area (Å²) in [5, 5.41) is 0. The van der Waals surface area contributed by atoms with Crippen molar-refractivity contribution in [2.75, 3.05) is 0 Å². The predicted octanol–water partition coefficient (Wildman–Crippen LogP) is 5.47. The van der Waals surface area contributed by atoms with Gasteiger partial charge in [0.05, 0.1) is 0 Å². The van der Waals surface area contributed by atoms with Crippen molar-refractivity contribution in [3.8, 4) is 0 Å². The summed E-state index contributed by atoms with van der Waals surface area (Å²) in [5.74, 6) is 1.52. The first-order valence-electron chi connectivity index (χ1n) is 7.50. The molecule has 0 aromatic heterocycles. The highest BCUT2D eigenvalue weighted by Gasteiger charge is 2.26. The summed E-state index contributed by atoms with van der Waals surface area (Å²) in [4.78, 5) is 12.4. The van der Waals surface area contributed by atoms with Gasteiger partial charge in [-0.1, -0.05) is 38.3 Å². The van der Waals surface area contributed by atoms with Gasteiger partial charge in [-0.2, -0.15) is 0 Å². The molecule has 1 aliphatic rings. The standard InChI is InChI=1S/C17H23IO/c1-2-3-4-13-5-7-14(8-6-13)17(19)15-9-11-16(18)12-10-15/h9-14H,2-8H2,1H3. The molecule has 2 heteroatoms. The average Bonchev–Trinajstić information content (AvgIpc) is 2.46. The van der Waals surface area contributed by atoms with Gasteiger partial charge in [-0.3, -0.25) is 4.79 Å². The number of Topliss-reactive ketones (excluding diaryl/α,β-unsaturated/α-hetero) is 1. The summed E-state index contributed by atoms with van der Waals surface area (Å²) in [6, 6.07) is 8.02. The van der Waals surface area contributed by atoms with Crippen molar-refractivity contribution in [2.24, 2.45) is 11.8 Å². The molecule has 19 heavy (non-hydrogen) atoms. The maximum absolute atomic E-state index is 12.4. The number of halogens is 1. The Morgan fingerprint density at radius 2 is 1.79 bits per heavy atom. The number of ketones is 1. The molecule has 0 saturated heterocycles. The molecule has 1 saturated carbocycles. The largest absolute Gasteiger partial charge is 0.294 e. The van der Waals surface area contributed by atoms with E-state index in [9.17, 15) is 4.79 Å². The summed E-state index contributed by atoms with van der Waals surface area (Å²) in [7, 11) is 0. The molecular formula is C17H23IO. The second kappa shape index (κ2) is 7.41. The molecule has 0 bridgehead atoms. The minimum atomic E-state index is 0.276. The lowest BCUT2D eigenvalue weighted by atomic mass is 9.77. The summed E-state index contributed by atoms with van der Waals surface area (Å²) < 4.78 is 1.19. The van der Waals surface area contributed by atoms with E-state index in [4.69, 9.17) is 0 Å². The number of hydrogen-bond acceptors (Lipinski definition) is 1. The quantitative estimate of drug-likeness (QED) is 0.496. The molecule has 0 N–H and O–H groups in total. The molecule has 104 valence electrons. The maximum Gasteiger partial charge on any atom is 0.165 e. The van der Waals surface area contributed by atoms with Gasteiger partial charge in [0.25, 0.3) is 0 Å². The van der Waals surface area contributed by atoms with Gasteiger partial charge >= 0.3 is 0 Å². The third-order valence-corrected chi connectivity index (χ3v) is 5.03. The molecule has 0 unspecified atom stereocenters. The highest BCUT2D eigenvalue weighted by atomic mass is 127. The zero-order valence-corrected chi connectivity index (χ0v) is 13.9. The number of rotatable bonds is 5. The highest BCUT2D eigenvalue weighted by molar-refractivity contribution is 14.1. The van der Waals surface area contributed by atoms with Crippen molar-refractivity contribution in [1.29, 1.82) is 0 Å². The average molecular weight is 370 g/mol. The molecular weight excluding hydrogens is 347 g/mol. The Labute approximate surface area is 130 Å². The van der Waals surface area contributed by atoms with Gasteiger partial charge in [0, 0.05) is 15.1 Å². The lowest BCUT2D eigenvalue weighted by Gasteiger charge is -2.27. The normalized spacial score (nSPS) is 23.3. The molecule has 1 aromatic carbocycles. The Kier molecular flexibility index (Phi) is 5.86. The van der Waals surface area contributed by atoms with E-state index in [0.29, 0.717) is 5.78 Å².